The standard InChI is InChI=1S/C19H29ClN4O4.HI/c1-19(2,3)28-18(25)23-7-5-6-22-17(21-4)24-12-13-10-14(20)16-15(11-13)26-8-9-27-16;/h10-11H,5-9,12H2,1-4H3,(H,23,25)(H2,21,22,24);1H. The van der Waals surface area contributed by atoms with Gasteiger partial charge < -0.3 is 30.2 Å². The summed E-state index contributed by atoms with van der Waals surface area (Å²) in [5.41, 5.74) is 0.467. The summed E-state index contributed by atoms with van der Waals surface area (Å²) < 4.78 is 16.3. The number of fused-ring (bicyclic) bond motifs is 1. The van der Waals surface area contributed by atoms with E-state index in [1.165, 1.54) is 0 Å². The van der Waals surface area contributed by atoms with Crippen LogP contribution in [0.3, 0.4) is 0 Å². The highest BCUT2D eigenvalue weighted by molar-refractivity contribution is 14.0. The monoisotopic (exact) mass is 540 g/mol. The number of alkyl carbamates (subject to hydrolysis) is 1. The first-order valence-electron chi connectivity index (χ1n) is 9.28. The zero-order chi connectivity index (χ0) is 20.6. The van der Waals surface area contributed by atoms with Gasteiger partial charge in [0, 0.05) is 26.7 Å². The quantitative estimate of drug-likeness (QED) is 0.222. The number of carbonyl (C=O) groups is 1. The van der Waals surface area contributed by atoms with Crippen LogP contribution in [0.5, 0.6) is 11.5 Å². The number of nitrogens with zero attached hydrogens (tertiary/aromatic N) is 1. The number of nitrogens with one attached hydrogen (secondary N) is 3. The molecule has 0 spiro atoms. The molecule has 164 valence electrons. The van der Waals surface area contributed by atoms with Gasteiger partial charge in [-0.05, 0) is 44.9 Å². The summed E-state index contributed by atoms with van der Waals surface area (Å²) in [7, 11) is 1.70. The van der Waals surface area contributed by atoms with Crippen LogP contribution in [-0.4, -0.2) is 51.0 Å². The second-order valence-corrected chi connectivity index (χ2v) is 7.64. The Morgan fingerprint density at radius 2 is 1.86 bits per heavy atom. The first-order chi connectivity index (χ1) is 13.3. The Hall–Kier alpha value is -1.62. The van der Waals surface area contributed by atoms with E-state index in [-0.39, 0.29) is 24.0 Å². The normalized spacial score (nSPS) is 13.2. The second kappa shape index (κ2) is 12.2. The summed E-state index contributed by atoms with van der Waals surface area (Å²) in [5, 5.41) is 9.67. The molecular weight excluding hydrogens is 511 g/mol. The summed E-state index contributed by atoms with van der Waals surface area (Å²) >= 11 is 6.26. The number of carbonyl (C=O) groups excluding carboxylic acids is 1. The summed E-state index contributed by atoms with van der Waals surface area (Å²) in [6.45, 7) is 8.21. The lowest BCUT2D eigenvalue weighted by atomic mass is 10.2. The molecule has 1 aromatic carbocycles. The molecule has 29 heavy (non-hydrogen) atoms. The Morgan fingerprint density at radius 3 is 2.55 bits per heavy atom. The Bertz CT molecular complexity index is 710. The molecule has 2 rings (SSSR count). The summed E-state index contributed by atoms with van der Waals surface area (Å²) in [5.74, 6) is 1.91. The predicted molar refractivity (Wildman–Crippen MR) is 125 cm³/mol. The Labute approximate surface area is 194 Å². The average Bonchev–Trinajstić information content (AvgIpc) is 2.62. The largest absolute Gasteiger partial charge is 0.486 e. The number of ether oxygens (including phenoxy) is 3. The van der Waals surface area contributed by atoms with E-state index >= 15 is 0 Å². The van der Waals surface area contributed by atoms with Crippen LogP contribution in [0.2, 0.25) is 5.02 Å². The SMILES string of the molecule is CN=C(NCCCNC(=O)OC(C)(C)C)NCc1cc(Cl)c2c(c1)OCCO2.I. The lowest BCUT2D eigenvalue weighted by molar-refractivity contribution is 0.0527. The van der Waals surface area contributed by atoms with Gasteiger partial charge in [0.25, 0.3) is 0 Å². The fourth-order valence-electron chi connectivity index (χ4n) is 2.47. The van der Waals surface area contributed by atoms with Gasteiger partial charge >= 0.3 is 6.09 Å². The van der Waals surface area contributed by atoms with Crippen molar-refractivity contribution < 1.29 is 19.0 Å². The highest BCUT2D eigenvalue weighted by atomic mass is 127. The van der Waals surface area contributed by atoms with Crippen LogP contribution in [0.15, 0.2) is 17.1 Å². The molecule has 0 atom stereocenters. The molecule has 3 N–H and O–H groups in total. The highest BCUT2D eigenvalue weighted by Crippen LogP contribution is 2.38. The third-order valence-electron chi connectivity index (χ3n) is 3.65. The Morgan fingerprint density at radius 1 is 1.17 bits per heavy atom. The van der Waals surface area contributed by atoms with Crippen LogP contribution in [0.1, 0.15) is 32.8 Å². The van der Waals surface area contributed by atoms with Crippen molar-refractivity contribution in [1.82, 2.24) is 16.0 Å². The minimum atomic E-state index is -0.495. The van der Waals surface area contributed by atoms with Gasteiger partial charge in [-0.2, -0.15) is 0 Å². The molecule has 0 fully saturated rings. The number of hydrogen-bond acceptors (Lipinski definition) is 5. The van der Waals surface area contributed by atoms with Gasteiger partial charge in [0.05, 0.1) is 5.02 Å². The molecule has 0 saturated carbocycles. The number of guanidine groups is 1. The van der Waals surface area contributed by atoms with Crippen LogP contribution in [0.4, 0.5) is 4.79 Å². The number of halogens is 2. The van der Waals surface area contributed by atoms with Crippen molar-refractivity contribution in [2.45, 2.75) is 39.3 Å². The van der Waals surface area contributed by atoms with E-state index in [1.807, 2.05) is 32.9 Å². The number of aliphatic imine (C=N–C) groups is 1. The molecule has 1 amide bonds. The minimum absolute atomic E-state index is 0. The third kappa shape index (κ3) is 9.16. The van der Waals surface area contributed by atoms with Crippen molar-refractivity contribution in [1.29, 1.82) is 0 Å². The maximum Gasteiger partial charge on any atom is 0.407 e. The first-order valence-corrected chi connectivity index (χ1v) is 9.65. The Balaban J connectivity index is 0.00000420. The van der Waals surface area contributed by atoms with Crippen molar-refractivity contribution in [2.75, 3.05) is 33.4 Å². The maximum atomic E-state index is 11.6. The molecule has 1 aromatic rings. The summed E-state index contributed by atoms with van der Waals surface area (Å²) in [6, 6.07) is 3.76. The predicted octanol–water partition coefficient (Wildman–Crippen LogP) is 3.31. The molecule has 1 heterocycles. The Kier molecular flexibility index (Phi) is 10.7. The smallest absolute Gasteiger partial charge is 0.407 e. The van der Waals surface area contributed by atoms with Crippen LogP contribution < -0.4 is 25.4 Å². The van der Waals surface area contributed by atoms with Gasteiger partial charge in [-0.25, -0.2) is 4.79 Å². The van der Waals surface area contributed by atoms with Gasteiger partial charge in [0.15, 0.2) is 17.5 Å². The number of rotatable bonds is 6. The molecule has 0 aromatic heterocycles. The number of benzene rings is 1. The van der Waals surface area contributed by atoms with Gasteiger partial charge in [-0.1, -0.05) is 11.6 Å². The molecule has 1 aliphatic heterocycles. The van der Waals surface area contributed by atoms with Gasteiger partial charge in [0.1, 0.15) is 18.8 Å². The first kappa shape index (κ1) is 25.4. The third-order valence-corrected chi connectivity index (χ3v) is 3.94. The molecule has 0 aliphatic carbocycles. The van der Waals surface area contributed by atoms with E-state index in [1.54, 1.807) is 7.05 Å². The van der Waals surface area contributed by atoms with Gasteiger partial charge in [-0.3, -0.25) is 4.99 Å². The molecule has 0 radical (unpaired) electrons. The number of amides is 1. The molecule has 8 nitrogen and oxygen atoms in total. The van der Waals surface area contributed by atoms with E-state index in [9.17, 15) is 4.79 Å². The van der Waals surface area contributed by atoms with E-state index in [4.69, 9.17) is 25.8 Å². The van der Waals surface area contributed by atoms with Crippen molar-refractivity contribution in [3.8, 4) is 11.5 Å². The van der Waals surface area contributed by atoms with Crippen LogP contribution in [0, 0.1) is 0 Å². The van der Waals surface area contributed by atoms with Crippen LogP contribution in [0.25, 0.3) is 0 Å². The molecule has 10 heteroatoms. The van der Waals surface area contributed by atoms with Crippen LogP contribution in [-0.2, 0) is 11.3 Å². The van der Waals surface area contributed by atoms with Gasteiger partial charge in [0.2, 0.25) is 0 Å². The van der Waals surface area contributed by atoms with Crippen molar-refractivity contribution in [2.24, 2.45) is 4.99 Å². The summed E-state index contributed by atoms with van der Waals surface area (Å²) in [6.07, 6.45) is 0.320. The molecule has 0 bridgehead atoms. The fourth-order valence-corrected chi connectivity index (χ4v) is 2.76. The molecular formula is C19H30ClIN4O4. The average molecular weight is 541 g/mol. The van der Waals surface area contributed by atoms with Crippen molar-refractivity contribution >= 4 is 47.6 Å². The van der Waals surface area contributed by atoms with Crippen molar-refractivity contribution in [3.05, 3.63) is 22.7 Å². The second-order valence-electron chi connectivity index (χ2n) is 7.24. The zero-order valence-corrected chi connectivity index (χ0v) is 20.4. The minimum Gasteiger partial charge on any atom is -0.486 e. The van der Waals surface area contributed by atoms with E-state index in [0.29, 0.717) is 55.3 Å². The van der Waals surface area contributed by atoms with Crippen molar-refractivity contribution in [3.63, 3.8) is 0 Å². The van der Waals surface area contributed by atoms with E-state index in [0.717, 1.165) is 12.0 Å². The summed E-state index contributed by atoms with van der Waals surface area (Å²) in [4.78, 5) is 15.8. The molecule has 0 saturated heterocycles. The van der Waals surface area contributed by atoms with Crippen LogP contribution >= 0.6 is 35.6 Å². The number of hydrogen-bond donors (Lipinski definition) is 3. The lowest BCUT2D eigenvalue weighted by Crippen LogP contribution is -2.39. The zero-order valence-electron chi connectivity index (χ0n) is 17.3. The maximum absolute atomic E-state index is 11.6. The topological polar surface area (TPSA) is 93.2 Å². The lowest BCUT2D eigenvalue weighted by Gasteiger charge is -2.20. The highest BCUT2D eigenvalue weighted by Gasteiger charge is 2.17. The molecule has 1 aliphatic rings. The molecule has 0 unspecified atom stereocenters. The van der Waals surface area contributed by atoms with E-state index < -0.39 is 11.7 Å². The fraction of sp³-hybridized carbons (Fsp3) is 0.579. The van der Waals surface area contributed by atoms with E-state index in [2.05, 4.69) is 20.9 Å². The van der Waals surface area contributed by atoms with Gasteiger partial charge in [-0.15, -0.1) is 24.0 Å².